The standard InChI is InChI=1S/C17H20NO/c1-3-13(2)15-7-5-9-17(11-15)19-12-14-6-4-8-16(18)10-14/h4-11,13H,1,3,12,18H2,2H3. The molecule has 0 aliphatic carbocycles. The van der Waals surface area contributed by atoms with Crippen LogP contribution in [0.5, 0.6) is 5.75 Å². The largest absolute Gasteiger partial charge is 0.489 e. The second-order valence-electron chi connectivity index (χ2n) is 4.80. The molecule has 0 saturated carbocycles. The molecular formula is C17H20NO. The van der Waals surface area contributed by atoms with Gasteiger partial charge < -0.3 is 10.5 Å². The number of nitrogen functional groups attached to an aromatic ring is 1. The highest BCUT2D eigenvalue weighted by Gasteiger charge is 2.04. The van der Waals surface area contributed by atoms with E-state index in [0.717, 1.165) is 23.4 Å². The summed E-state index contributed by atoms with van der Waals surface area (Å²) < 4.78 is 5.81. The van der Waals surface area contributed by atoms with Crippen LogP contribution in [0.25, 0.3) is 0 Å². The maximum atomic E-state index is 5.81. The van der Waals surface area contributed by atoms with Gasteiger partial charge in [-0.1, -0.05) is 38.1 Å². The van der Waals surface area contributed by atoms with Crippen LogP contribution in [-0.2, 0) is 6.61 Å². The van der Waals surface area contributed by atoms with E-state index in [0.29, 0.717) is 12.5 Å². The van der Waals surface area contributed by atoms with Gasteiger partial charge in [-0.3, -0.25) is 0 Å². The van der Waals surface area contributed by atoms with E-state index in [2.05, 4.69) is 26.0 Å². The van der Waals surface area contributed by atoms with Crippen LogP contribution in [0.2, 0.25) is 0 Å². The quantitative estimate of drug-likeness (QED) is 0.812. The van der Waals surface area contributed by atoms with Crippen LogP contribution in [0.15, 0.2) is 48.5 Å². The molecule has 0 saturated heterocycles. The van der Waals surface area contributed by atoms with Crippen molar-refractivity contribution < 1.29 is 4.74 Å². The molecule has 0 heterocycles. The minimum absolute atomic E-state index is 0.455. The third-order valence-corrected chi connectivity index (χ3v) is 3.22. The highest BCUT2D eigenvalue weighted by atomic mass is 16.5. The van der Waals surface area contributed by atoms with Gasteiger partial charge in [0.2, 0.25) is 0 Å². The van der Waals surface area contributed by atoms with Gasteiger partial charge in [0.25, 0.3) is 0 Å². The number of ether oxygens (including phenoxy) is 1. The van der Waals surface area contributed by atoms with Gasteiger partial charge in [0.15, 0.2) is 0 Å². The minimum atomic E-state index is 0.455. The maximum Gasteiger partial charge on any atom is 0.120 e. The summed E-state index contributed by atoms with van der Waals surface area (Å²) in [6, 6.07) is 16.0. The van der Waals surface area contributed by atoms with Crippen molar-refractivity contribution in [1.29, 1.82) is 0 Å². The van der Waals surface area contributed by atoms with Gasteiger partial charge in [0.1, 0.15) is 12.4 Å². The highest BCUT2D eigenvalue weighted by molar-refractivity contribution is 5.40. The molecule has 2 N–H and O–H groups in total. The fraction of sp³-hybridized carbons (Fsp3) is 0.235. The lowest BCUT2D eigenvalue weighted by atomic mass is 9.99. The van der Waals surface area contributed by atoms with Crippen molar-refractivity contribution >= 4 is 5.69 Å². The predicted octanol–water partition coefficient (Wildman–Crippen LogP) is 4.18. The molecule has 2 heteroatoms. The predicted molar refractivity (Wildman–Crippen MR) is 80.0 cm³/mol. The van der Waals surface area contributed by atoms with Crippen molar-refractivity contribution in [1.82, 2.24) is 0 Å². The van der Waals surface area contributed by atoms with Crippen LogP contribution in [0.3, 0.4) is 0 Å². The first-order valence-corrected chi connectivity index (χ1v) is 6.55. The number of rotatable bonds is 5. The van der Waals surface area contributed by atoms with E-state index in [4.69, 9.17) is 10.5 Å². The van der Waals surface area contributed by atoms with Gasteiger partial charge in [-0.2, -0.15) is 0 Å². The maximum absolute atomic E-state index is 5.81. The van der Waals surface area contributed by atoms with Crippen molar-refractivity contribution in [2.45, 2.75) is 25.9 Å². The Kier molecular flexibility index (Phi) is 4.45. The van der Waals surface area contributed by atoms with Crippen LogP contribution in [-0.4, -0.2) is 0 Å². The number of benzene rings is 2. The molecule has 19 heavy (non-hydrogen) atoms. The molecule has 2 nitrogen and oxygen atoms in total. The molecule has 99 valence electrons. The molecule has 2 aromatic carbocycles. The van der Waals surface area contributed by atoms with E-state index >= 15 is 0 Å². The Bertz CT molecular complexity index is 536. The van der Waals surface area contributed by atoms with Gasteiger partial charge in [0, 0.05) is 5.69 Å². The highest BCUT2D eigenvalue weighted by Crippen LogP contribution is 2.23. The van der Waals surface area contributed by atoms with Crippen molar-refractivity contribution in [3.05, 3.63) is 66.6 Å². The summed E-state index contributed by atoms with van der Waals surface area (Å²) in [6.45, 7) is 6.65. The first-order chi connectivity index (χ1) is 9.19. The molecule has 0 aliphatic rings. The van der Waals surface area contributed by atoms with Gasteiger partial charge >= 0.3 is 0 Å². The van der Waals surface area contributed by atoms with E-state index in [1.807, 2.05) is 36.4 Å². The molecule has 2 aromatic rings. The number of nitrogens with two attached hydrogens (primary N) is 1. The number of hydrogen-bond acceptors (Lipinski definition) is 2. The molecular weight excluding hydrogens is 234 g/mol. The molecule has 0 aromatic heterocycles. The van der Waals surface area contributed by atoms with E-state index in [1.54, 1.807) is 0 Å². The van der Waals surface area contributed by atoms with Crippen LogP contribution in [0.1, 0.15) is 30.4 Å². The second-order valence-corrected chi connectivity index (χ2v) is 4.80. The Morgan fingerprint density at radius 3 is 2.68 bits per heavy atom. The van der Waals surface area contributed by atoms with Crippen LogP contribution >= 0.6 is 0 Å². The minimum Gasteiger partial charge on any atom is -0.489 e. The zero-order valence-electron chi connectivity index (χ0n) is 11.3. The molecule has 0 spiro atoms. The summed E-state index contributed by atoms with van der Waals surface area (Å²) in [4.78, 5) is 0. The van der Waals surface area contributed by atoms with Crippen molar-refractivity contribution in [3.63, 3.8) is 0 Å². The van der Waals surface area contributed by atoms with Gasteiger partial charge in [-0.25, -0.2) is 0 Å². The van der Waals surface area contributed by atoms with Crippen molar-refractivity contribution in [2.75, 3.05) is 5.73 Å². The van der Waals surface area contributed by atoms with E-state index in [-0.39, 0.29) is 0 Å². The van der Waals surface area contributed by atoms with E-state index in [1.165, 1.54) is 5.56 Å². The lowest BCUT2D eigenvalue weighted by molar-refractivity contribution is 0.306. The number of hydrogen-bond donors (Lipinski definition) is 1. The van der Waals surface area contributed by atoms with Crippen LogP contribution in [0, 0.1) is 6.92 Å². The average Bonchev–Trinajstić information content (AvgIpc) is 2.45. The zero-order valence-corrected chi connectivity index (χ0v) is 11.3. The van der Waals surface area contributed by atoms with Gasteiger partial charge in [-0.15, -0.1) is 0 Å². The van der Waals surface area contributed by atoms with E-state index in [9.17, 15) is 0 Å². The summed E-state index contributed by atoms with van der Waals surface area (Å²) in [6.07, 6.45) is 0.888. The Balaban J connectivity index is 2.03. The van der Waals surface area contributed by atoms with Crippen molar-refractivity contribution in [3.8, 4) is 5.75 Å². The Morgan fingerprint density at radius 1 is 1.16 bits per heavy atom. The lowest BCUT2D eigenvalue weighted by Crippen LogP contribution is -1.98. The first-order valence-electron chi connectivity index (χ1n) is 6.55. The monoisotopic (exact) mass is 254 g/mol. The Hall–Kier alpha value is -1.96. The van der Waals surface area contributed by atoms with Gasteiger partial charge in [-0.05, 0) is 47.7 Å². The Labute approximate surface area is 115 Å². The molecule has 0 bridgehead atoms. The summed E-state index contributed by atoms with van der Waals surface area (Å²) in [5.74, 6) is 1.34. The van der Waals surface area contributed by atoms with Crippen LogP contribution < -0.4 is 10.5 Å². The SMILES string of the molecule is [CH2]CC(C)c1cccc(OCc2cccc(N)c2)c1. The number of anilines is 1. The molecule has 0 amide bonds. The van der Waals surface area contributed by atoms with Crippen LogP contribution in [0.4, 0.5) is 5.69 Å². The Morgan fingerprint density at radius 2 is 1.95 bits per heavy atom. The molecule has 1 atom stereocenters. The summed E-state index contributed by atoms with van der Waals surface area (Å²) in [7, 11) is 0. The first kappa shape index (κ1) is 13.5. The summed E-state index contributed by atoms with van der Waals surface area (Å²) in [5.41, 5.74) is 8.85. The summed E-state index contributed by atoms with van der Waals surface area (Å²) in [5, 5.41) is 0. The fourth-order valence-electron chi connectivity index (χ4n) is 1.93. The van der Waals surface area contributed by atoms with E-state index < -0.39 is 0 Å². The zero-order chi connectivity index (χ0) is 13.7. The smallest absolute Gasteiger partial charge is 0.120 e. The molecule has 0 fully saturated rings. The fourth-order valence-corrected chi connectivity index (χ4v) is 1.93. The third kappa shape index (κ3) is 3.75. The van der Waals surface area contributed by atoms with Gasteiger partial charge in [0.05, 0.1) is 0 Å². The molecule has 1 radical (unpaired) electrons. The molecule has 1 unspecified atom stereocenters. The molecule has 2 rings (SSSR count). The topological polar surface area (TPSA) is 35.2 Å². The van der Waals surface area contributed by atoms with Crippen molar-refractivity contribution in [2.24, 2.45) is 0 Å². The normalized spacial score (nSPS) is 12.1. The lowest BCUT2D eigenvalue weighted by Gasteiger charge is -2.12. The summed E-state index contributed by atoms with van der Waals surface area (Å²) >= 11 is 0. The third-order valence-electron chi connectivity index (χ3n) is 3.22. The second kappa shape index (κ2) is 6.28. The average molecular weight is 254 g/mol. The molecule has 0 aliphatic heterocycles.